The van der Waals surface area contributed by atoms with Gasteiger partial charge in [-0.25, -0.2) is 4.79 Å². The molecule has 196 valence electrons. The van der Waals surface area contributed by atoms with E-state index in [4.69, 9.17) is 4.74 Å². The van der Waals surface area contributed by atoms with Gasteiger partial charge in [0.2, 0.25) is 11.8 Å². The molecule has 0 aromatic heterocycles. The Balaban J connectivity index is 3.21. The Kier molecular flexibility index (Phi) is 11.2. The number of hydrogen-bond donors (Lipinski definition) is 1. The van der Waals surface area contributed by atoms with Gasteiger partial charge in [0, 0.05) is 24.0 Å². The maximum Gasteiger partial charge on any atom is 0.333 e. The summed E-state index contributed by atoms with van der Waals surface area (Å²) < 4.78 is 5.08. The van der Waals surface area contributed by atoms with Crippen LogP contribution in [0.3, 0.4) is 0 Å². The van der Waals surface area contributed by atoms with Crippen LogP contribution in [0.4, 0.5) is 0 Å². The summed E-state index contributed by atoms with van der Waals surface area (Å²) in [4.78, 5) is 41.0. The fourth-order valence-corrected chi connectivity index (χ4v) is 4.46. The smallest absolute Gasteiger partial charge is 0.333 e. The Hall–Kier alpha value is -2.63. The number of rotatable bonds is 11. The molecule has 0 aliphatic carbocycles. The highest BCUT2D eigenvalue weighted by atomic mass is 16.5. The van der Waals surface area contributed by atoms with E-state index >= 15 is 0 Å². The minimum absolute atomic E-state index is 0.130. The van der Waals surface area contributed by atoms with Crippen LogP contribution in [0.5, 0.6) is 0 Å². The molecule has 6 heteroatoms. The second-order valence-electron chi connectivity index (χ2n) is 10.9. The molecule has 1 aromatic rings. The van der Waals surface area contributed by atoms with Crippen LogP contribution in [0.2, 0.25) is 0 Å². The molecule has 2 amide bonds. The van der Waals surface area contributed by atoms with Crippen LogP contribution in [0.25, 0.3) is 0 Å². The molecule has 1 N–H and O–H groups in total. The van der Waals surface area contributed by atoms with Crippen molar-refractivity contribution in [1.29, 1.82) is 0 Å². The molecule has 0 radical (unpaired) electrons. The van der Waals surface area contributed by atoms with E-state index in [1.165, 1.54) is 0 Å². The summed E-state index contributed by atoms with van der Waals surface area (Å²) in [7, 11) is 1.72. The number of benzene rings is 1. The van der Waals surface area contributed by atoms with Gasteiger partial charge in [0.1, 0.15) is 6.04 Å². The van der Waals surface area contributed by atoms with E-state index in [9.17, 15) is 14.4 Å². The molecular weight excluding hydrogens is 440 g/mol. The summed E-state index contributed by atoms with van der Waals surface area (Å²) in [5.41, 5.74) is 0.644. The summed E-state index contributed by atoms with van der Waals surface area (Å²) in [6.45, 7) is 17.7. The van der Waals surface area contributed by atoms with Crippen molar-refractivity contribution in [3.05, 3.63) is 47.5 Å². The third-order valence-electron chi connectivity index (χ3n) is 6.82. The van der Waals surface area contributed by atoms with E-state index in [1.807, 2.05) is 65.0 Å². The highest BCUT2D eigenvalue weighted by Crippen LogP contribution is 2.34. The molecule has 0 aliphatic rings. The summed E-state index contributed by atoms with van der Waals surface area (Å²) in [5.74, 6) is -1.01. The molecule has 0 saturated carbocycles. The average molecular weight is 487 g/mol. The first kappa shape index (κ1) is 30.4. The lowest BCUT2D eigenvalue weighted by molar-refractivity contribution is -0.141. The Morgan fingerprint density at radius 1 is 1.00 bits per heavy atom. The molecule has 0 spiro atoms. The number of nitrogens with one attached hydrogen (secondary N) is 1. The number of carbonyl (C=O) groups excluding carboxylic acids is 3. The molecule has 1 rings (SSSR count). The first-order valence-electron chi connectivity index (χ1n) is 12.7. The molecule has 0 bridgehead atoms. The van der Waals surface area contributed by atoms with E-state index in [1.54, 1.807) is 31.9 Å². The van der Waals surface area contributed by atoms with E-state index in [-0.39, 0.29) is 29.7 Å². The van der Waals surface area contributed by atoms with E-state index in [0.29, 0.717) is 25.0 Å². The Morgan fingerprint density at radius 2 is 1.57 bits per heavy atom. The van der Waals surface area contributed by atoms with Gasteiger partial charge in [-0.3, -0.25) is 9.59 Å². The monoisotopic (exact) mass is 486 g/mol. The van der Waals surface area contributed by atoms with Crippen LogP contribution in [-0.2, 0) is 24.5 Å². The maximum absolute atomic E-state index is 13.7. The zero-order chi connectivity index (χ0) is 27.0. The van der Waals surface area contributed by atoms with Crippen LogP contribution in [0.1, 0.15) is 80.7 Å². The molecule has 3 atom stereocenters. The van der Waals surface area contributed by atoms with Gasteiger partial charge >= 0.3 is 5.97 Å². The van der Waals surface area contributed by atoms with Crippen molar-refractivity contribution in [3.63, 3.8) is 0 Å². The van der Waals surface area contributed by atoms with Crippen LogP contribution >= 0.6 is 0 Å². The van der Waals surface area contributed by atoms with Gasteiger partial charge in [-0.1, -0.05) is 84.9 Å². The standard InChI is InChI=1S/C29H46N2O4/c1-11-22(19-20(4)27(34)35-13-3)31(10)26(33)24(28(5,6)7)30-25(32)23(12-2)29(8,9)21-17-15-14-16-18-21/h14-19,22-24H,11-13H2,1-10H3,(H,30,32)/b20-19+/t22-,23+,24+/m0/s1. The van der Waals surface area contributed by atoms with Crippen LogP contribution in [-0.4, -0.2) is 48.4 Å². The van der Waals surface area contributed by atoms with Crippen molar-refractivity contribution in [3.8, 4) is 0 Å². The number of hydrogen-bond acceptors (Lipinski definition) is 4. The summed E-state index contributed by atoms with van der Waals surface area (Å²) in [6, 6.07) is 9.00. The topological polar surface area (TPSA) is 75.7 Å². The fraction of sp³-hybridized carbons (Fsp3) is 0.621. The summed E-state index contributed by atoms with van der Waals surface area (Å²) >= 11 is 0. The molecule has 35 heavy (non-hydrogen) atoms. The molecular formula is C29H46N2O4. The SMILES string of the molecule is CCOC(=O)/C(C)=C/[C@H](CC)N(C)C(=O)[C@@H](NC(=O)[C@@H](CC)C(C)(C)c1ccccc1)C(C)(C)C. The molecule has 0 fully saturated rings. The predicted molar refractivity (Wildman–Crippen MR) is 142 cm³/mol. The van der Waals surface area contributed by atoms with Crippen LogP contribution in [0.15, 0.2) is 42.0 Å². The first-order valence-corrected chi connectivity index (χ1v) is 12.7. The molecule has 0 aliphatic heterocycles. The second-order valence-corrected chi connectivity index (χ2v) is 10.9. The van der Waals surface area contributed by atoms with Gasteiger partial charge in [0.15, 0.2) is 0 Å². The highest BCUT2D eigenvalue weighted by molar-refractivity contribution is 5.90. The van der Waals surface area contributed by atoms with Gasteiger partial charge < -0.3 is 15.0 Å². The highest BCUT2D eigenvalue weighted by Gasteiger charge is 2.41. The number of esters is 1. The number of nitrogens with zero attached hydrogens (tertiary/aromatic N) is 1. The van der Waals surface area contributed by atoms with E-state index < -0.39 is 16.9 Å². The van der Waals surface area contributed by atoms with Crippen molar-refractivity contribution in [1.82, 2.24) is 10.2 Å². The van der Waals surface area contributed by atoms with E-state index in [2.05, 4.69) is 19.2 Å². The predicted octanol–water partition coefficient (Wildman–Crippen LogP) is 5.27. The van der Waals surface area contributed by atoms with Crippen molar-refractivity contribution in [2.24, 2.45) is 11.3 Å². The minimum Gasteiger partial charge on any atom is -0.463 e. The molecule has 6 nitrogen and oxygen atoms in total. The van der Waals surface area contributed by atoms with Gasteiger partial charge in [-0.15, -0.1) is 0 Å². The largest absolute Gasteiger partial charge is 0.463 e. The lowest BCUT2D eigenvalue weighted by Crippen LogP contribution is -2.57. The number of ether oxygens (including phenoxy) is 1. The van der Waals surface area contributed by atoms with Crippen molar-refractivity contribution >= 4 is 17.8 Å². The Bertz CT molecular complexity index is 884. The zero-order valence-electron chi connectivity index (χ0n) is 23.4. The van der Waals surface area contributed by atoms with Crippen LogP contribution in [0, 0.1) is 11.3 Å². The Labute approximate surface area is 212 Å². The van der Waals surface area contributed by atoms with E-state index in [0.717, 1.165) is 5.56 Å². The molecule has 1 aromatic carbocycles. The van der Waals surface area contributed by atoms with Crippen LogP contribution < -0.4 is 5.32 Å². The Morgan fingerprint density at radius 3 is 2.03 bits per heavy atom. The molecule has 0 heterocycles. The first-order chi connectivity index (χ1) is 16.2. The third kappa shape index (κ3) is 7.94. The lowest BCUT2D eigenvalue weighted by Gasteiger charge is -2.39. The quantitative estimate of drug-likeness (QED) is 0.342. The molecule has 0 unspecified atom stereocenters. The number of likely N-dealkylation sites (N-methyl/N-ethyl adjacent to an activating group) is 1. The van der Waals surface area contributed by atoms with Gasteiger partial charge in [-0.2, -0.15) is 0 Å². The summed E-state index contributed by atoms with van der Waals surface area (Å²) in [5, 5.41) is 3.10. The minimum atomic E-state index is -0.717. The molecule has 0 saturated heterocycles. The van der Waals surface area contributed by atoms with Gasteiger partial charge in [0.25, 0.3) is 0 Å². The number of carbonyl (C=O) groups is 3. The second kappa shape index (κ2) is 12.9. The van der Waals surface area contributed by atoms with Crippen molar-refractivity contribution < 1.29 is 19.1 Å². The number of amides is 2. The average Bonchev–Trinajstić information content (AvgIpc) is 2.80. The normalized spacial score (nSPS) is 15.1. The lowest BCUT2D eigenvalue weighted by atomic mass is 9.71. The zero-order valence-corrected chi connectivity index (χ0v) is 23.4. The third-order valence-corrected chi connectivity index (χ3v) is 6.82. The summed E-state index contributed by atoms with van der Waals surface area (Å²) in [6.07, 6.45) is 3.04. The van der Waals surface area contributed by atoms with Gasteiger partial charge in [0.05, 0.1) is 12.6 Å². The van der Waals surface area contributed by atoms with Gasteiger partial charge in [-0.05, 0) is 37.7 Å². The fourth-order valence-electron chi connectivity index (χ4n) is 4.46. The maximum atomic E-state index is 13.7. The van der Waals surface area contributed by atoms with Crippen molar-refractivity contribution in [2.75, 3.05) is 13.7 Å². The van der Waals surface area contributed by atoms with Crippen molar-refractivity contribution in [2.45, 2.75) is 92.7 Å².